The Balaban J connectivity index is 2.96. The van der Waals surface area contributed by atoms with E-state index < -0.39 is 0 Å². The number of rotatable bonds is 2. The Bertz CT molecular complexity index is 337. The molecule has 1 aromatic heterocycles. The molecular weight excluding hydrogens is 162 g/mol. The highest BCUT2D eigenvalue weighted by Gasteiger charge is 1.99. The van der Waals surface area contributed by atoms with Crippen LogP contribution in [0.1, 0.15) is 25.2 Å². The van der Waals surface area contributed by atoms with Crippen molar-refractivity contribution in [3.8, 4) is 6.07 Å². The van der Waals surface area contributed by atoms with E-state index in [9.17, 15) is 0 Å². The Kier molecular flexibility index (Phi) is 2.86. The predicted octanol–water partition coefficient (Wildman–Crippen LogP) is 2.08. The molecule has 0 bridgehead atoms. The molecule has 1 heterocycles. The SMILES string of the molecule is Cc1cc(NC(C)C)cc(C#N)n1. The first-order valence-corrected chi connectivity index (χ1v) is 4.27. The monoisotopic (exact) mass is 175 g/mol. The van der Waals surface area contributed by atoms with Crippen molar-refractivity contribution in [1.29, 1.82) is 5.26 Å². The van der Waals surface area contributed by atoms with Crippen molar-refractivity contribution < 1.29 is 0 Å². The molecule has 0 saturated heterocycles. The van der Waals surface area contributed by atoms with Crippen LogP contribution < -0.4 is 5.32 Å². The third-order valence-corrected chi connectivity index (χ3v) is 1.52. The molecule has 3 nitrogen and oxygen atoms in total. The Labute approximate surface area is 78.4 Å². The number of nitrogens with one attached hydrogen (secondary N) is 1. The highest BCUT2D eigenvalue weighted by molar-refractivity contribution is 5.48. The smallest absolute Gasteiger partial charge is 0.142 e. The van der Waals surface area contributed by atoms with E-state index in [1.807, 2.05) is 19.1 Å². The van der Waals surface area contributed by atoms with Gasteiger partial charge in [0.15, 0.2) is 0 Å². The fourth-order valence-electron chi connectivity index (χ4n) is 1.14. The van der Waals surface area contributed by atoms with Crippen LogP contribution in [0, 0.1) is 18.3 Å². The van der Waals surface area contributed by atoms with Crippen LogP contribution in [0.2, 0.25) is 0 Å². The lowest BCUT2D eigenvalue weighted by atomic mass is 10.2. The van der Waals surface area contributed by atoms with E-state index in [4.69, 9.17) is 5.26 Å². The van der Waals surface area contributed by atoms with Gasteiger partial charge in [-0.25, -0.2) is 4.98 Å². The zero-order valence-corrected chi connectivity index (χ0v) is 8.13. The maximum atomic E-state index is 8.68. The minimum absolute atomic E-state index is 0.369. The molecule has 13 heavy (non-hydrogen) atoms. The van der Waals surface area contributed by atoms with Crippen molar-refractivity contribution in [3.63, 3.8) is 0 Å². The minimum Gasteiger partial charge on any atom is -0.383 e. The first kappa shape index (κ1) is 9.53. The van der Waals surface area contributed by atoms with Crippen molar-refractivity contribution in [2.75, 3.05) is 5.32 Å². The fourth-order valence-corrected chi connectivity index (χ4v) is 1.14. The highest BCUT2D eigenvalue weighted by Crippen LogP contribution is 2.11. The van der Waals surface area contributed by atoms with E-state index in [1.54, 1.807) is 6.07 Å². The molecule has 0 amide bonds. The van der Waals surface area contributed by atoms with Crippen molar-refractivity contribution in [3.05, 3.63) is 23.5 Å². The van der Waals surface area contributed by atoms with Gasteiger partial charge in [-0.15, -0.1) is 0 Å². The van der Waals surface area contributed by atoms with Crippen LogP contribution in [0.3, 0.4) is 0 Å². The summed E-state index contributed by atoms with van der Waals surface area (Å²) < 4.78 is 0. The number of anilines is 1. The lowest BCUT2D eigenvalue weighted by Crippen LogP contribution is -2.10. The Morgan fingerprint density at radius 1 is 1.46 bits per heavy atom. The third-order valence-electron chi connectivity index (χ3n) is 1.52. The zero-order chi connectivity index (χ0) is 9.84. The summed E-state index contributed by atoms with van der Waals surface area (Å²) in [6.07, 6.45) is 0. The van der Waals surface area contributed by atoms with Crippen LogP contribution >= 0.6 is 0 Å². The molecule has 0 fully saturated rings. The second-order valence-electron chi connectivity index (χ2n) is 3.29. The Morgan fingerprint density at radius 3 is 2.69 bits per heavy atom. The van der Waals surface area contributed by atoms with Crippen molar-refractivity contribution in [2.45, 2.75) is 26.8 Å². The van der Waals surface area contributed by atoms with Crippen LogP contribution in [0.5, 0.6) is 0 Å². The highest BCUT2D eigenvalue weighted by atomic mass is 14.9. The van der Waals surface area contributed by atoms with Crippen molar-refractivity contribution in [1.82, 2.24) is 4.98 Å². The first-order valence-electron chi connectivity index (χ1n) is 4.27. The summed E-state index contributed by atoms with van der Waals surface area (Å²) in [6, 6.07) is 6.09. The molecule has 1 aromatic rings. The molecule has 0 unspecified atom stereocenters. The molecule has 68 valence electrons. The number of hydrogen-bond donors (Lipinski definition) is 1. The van der Waals surface area contributed by atoms with Gasteiger partial charge in [-0.1, -0.05) is 0 Å². The molecule has 0 aliphatic rings. The van der Waals surface area contributed by atoms with Gasteiger partial charge in [0.05, 0.1) is 0 Å². The van der Waals surface area contributed by atoms with Gasteiger partial charge in [0, 0.05) is 17.4 Å². The summed E-state index contributed by atoms with van der Waals surface area (Å²) in [6.45, 7) is 6.00. The van der Waals surface area contributed by atoms with E-state index in [-0.39, 0.29) is 0 Å². The summed E-state index contributed by atoms with van der Waals surface area (Å²) >= 11 is 0. The molecule has 0 aliphatic heterocycles. The minimum atomic E-state index is 0.369. The van der Waals surface area contributed by atoms with Crippen LogP contribution in [0.4, 0.5) is 5.69 Å². The summed E-state index contributed by atoms with van der Waals surface area (Å²) in [5.74, 6) is 0. The van der Waals surface area contributed by atoms with Gasteiger partial charge < -0.3 is 5.32 Å². The van der Waals surface area contributed by atoms with E-state index in [0.717, 1.165) is 11.4 Å². The molecule has 0 aliphatic carbocycles. The van der Waals surface area contributed by atoms with E-state index in [2.05, 4.69) is 24.1 Å². The lowest BCUT2D eigenvalue weighted by Gasteiger charge is -2.10. The summed E-state index contributed by atoms with van der Waals surface area (Å²) in [4.78, 5) is 4.06. The maximum Gasteiger partial charge on any atom is 0.142 e. The zero-order valence-electron chi connectivity index (χ0n) is 8.13. The molecule has 0 saturated carbocycles. The van der Waals surface area contributed by atoms with Gasteiger partial charge >= 0.3 is 0 Å². The predicted molar refractivity (Wildman–Crippen MR) is 52.4 cm³/mol. The molecule has 3 heteroatoms. The van der Waals surface area contributed by atoms with E-state index in [1.165, 1.54) is 0 Å². The van der Waals surface area contributed by atoms with Crippen LogP contribution in [-0.2, 0) is 0 Å². The Morgan fingerprint density at radius 2 is 2.15 bits per heavy atom. The topological polar surface area (TPSA) is 48.7 Å². The number of aryl methyl sites for hydroxylation is 1. The second-order valence-corrected chi connectivity index (χ2v) is 3.29. The number of nitriles is 1. The molecular formula is C10H13N3. The average molecular weight is 175 g/mol. The first-order chi connectivity index (χ1) is 6.11. The quantitative estimate of drug-likeness (QED) is 0.748. The molecule has 1 rings (SSSR count). The third kappa shape index (κ3) is 2.75. The van der Waals surface area contributed by atoms with Gasteiger partial charge in [-0.2, -0.15) is 5.26 Å². The number of pyridine rings is 1. The Hall–Kier alpha value is -1.56. The van der Waals surface area contributed by atoms with E-state index in [0.29, 0.717) is 11.7 Å². The fraction of sp³-hybridized carbons (Fsp3) is 0.400. The summed E-state index contributed by atoms with van der Waals surface area (Å²) in [5, 5.41) is 11.9. The molecule has 0 aromatic carbocycles. The second kappa shape index (κ2) is 3.90. The molecule has 0 radical (unpaired) electrons. The molecule has 0 atom stereocenters. The maximum absolute atomic E-state index is 8.68. The number of aromatic nitrogens is 1. The van der Waals surface area contributed by atoms with Crippen molar-refractivity contribution in [2.24, 2.45) is 0 Å². The van der Waals surface area contributed by atoms with Crippen LogP contribution in [0.25, 0.3) is 0 Å². The normalized spacial score (nSPS) is 9.77. The molecule has 0 spiro atoms. The van der Waals surface area contributed by atoms with Gasteiger partial charge in [0.1, 0.15) is 11.8 Å². The van der Waals surface area contributed by atoms with Gasteiger partial charge in [-0.05, 0) is 32.9 Å². The van der Waals surface area contributed by atoms with Crippen LogP contribution in [0.15, 0.2) is 12.1 Å². The van der Waals surface area contributed by atoms with Gasteiger partial charge in [0.25, 0.3) is 0 Å². The average Bonchev–Trinajstić information content (AvgIpc) is 2.01. The van der Waals surface area contributed by atoms with Crippen molar-refractivity contribution >= 4 is 5.69 Å². The van der Waals surface area contributed by atoms with Crippen LogP contribution in [-0.4, -0.2) is 11.0 Å². The largest absolute Gasteiger partial charge is 0.383 e. The standard InChI is InChI=1S/C10H13N3/c1-7(2)12-9-4-8(3)13-10(5-9)6-11/h4-5,7H,1-3H3,(H,12,13). The molecule has 1 N–H and O–H groups in total. The summed E-state index contributed by atoms with van der Waals surface area (Å²) in [7, 11) is 0. The number of nitrogens with zero attached hydrogens (tertiary/aromatic N) is 2. The van der Waals surface area contributed by atoms with Gasteiger partial charge in [0.2, 0.25) is 0 Å². The summed E-state index contributed by atoms with van der Waals surface area (Å²) in [5.41, 5.74) is 2.28. The lowest BCUT2D eigenvalue weighted by molar-refractivity contribution is 0.897. The van der Waals surface area contributed by atoms with Gasteiger partial charge in [-0.3, -0.25) is 0 Å². The number of hydrogen-bond acceptors (Lipinski definition) is 3. The van der Waals surface area contributed by atoms with E-state index >= 15 is 0 Å².